The van der Waals surface area contributed by atoms with Gasteiger partial charge in [-0.2, -0.15) is 5.10 Å². The molecule has 0 aliphatic heterocycles. The average Bonchev–Trinajstić information content (AvgIpc) is 2.89. The minimum atomic E-state index is -2.27. The Morgan fingerprint density at radius 1 is 1.18 bits per heavy atom. The van der Waals surface area contributed by atoms with Crippen molar-refractivity contribution in [3.8, 4) is 11.4 Å². The van der Waals surface area contributed by atoms with E-state index in [4.69, 9.17) is 12.2 Å². The number of hydrogen-bond donors (Lipinski definition) is 1. The van der Waals surface area contributed by atoms with E-state index in [1.165, 1.54) is 6.07 Å². The Balaban J connectivity index is 2.04. The predicted molar refractivity (Wildman–Crippen MR) is 85.6 cm³/mol. The van der Waals surface area contributed by atoms with E-state index in [2.05, 4.69) is 10.2 Å². The first-order valence-corrected chi connectivity index (χ1v) is 8.02. The number of aromatic nitrogens is 3. The second kappa shape index (κ2) is 6.35. The molecule has 0 radical (unpaired) electrons. The van der Waals surface area contributed by atoms with Gasteiger partial charge in [0, 0.05) is 10.5 Å². The first-order valence-electron chi connectivity index (χ1n) is 6.54. The lowest BCUT2D eigenvalue weighted by Crippen LogP contribution is -2.02. The molecule has 1 unspecified atom stereocenters. The summed E-state index contributed by atoms with van der Waals surface area (Å²) in [6.45, 7) is 0.566. The number of benzene rings is 2. The van der Waals surface area contributed by atoms with Gasteiger partial charge in [0.15, 0.2) is 10.6 Å². The maximum Gasteiger partial charge on any atom is 0.195 e. The standard InChI is InChI=1S/C15H13N3O2S2/c19-22(20)13-8-4-7-12(9-13)14-16-17-15(21)18(14)10-11-5-2-1-3-6-11/h1-9H,10H2,(H,17,21)(H,19,20)/p-1. The normalized spacial score (nSPS) is 12.2. The molecular weight excluding hydrogens is 318 g/mol. The molecule has 0 saturated heterocycles. The van der Waals surface area contributed by atoms with Gasteiger partial charge in [0.2, 0.25) is 0 Å². The molecule has 0 spiro atoms. The molecule has 0 aliphatic carbocycles. The Morgan fingerprint density at radius 3 is 2.68 bits per heavy atom. The number of aromatic amines is 1. The maximum atomic E-state index is 11.1. The summed E-state index contributed by atoms with van der Waals surface area (Å²) >= 11 is 3.01. The van der Waals surface area contributed by atoms with Crippen LogP contribution in [0.5, 0.6) is 0 Å². The zero-order valence-electron chi connectivity index (χ0n) is 11.4. The lowest BCUT2D eigenvalue weighted by molar-refractivity contribution is 0.537. The first kappa shape index (κ1) is 14.8. The molecule has 0 aliphatic rings. The fourth-order valence-electron chi connectivity index (χ4n) is 2.19. The molecule has 22 heavy (non-hydrogen) atoms. The summed E-state index contributed by atoms with van der Waals surface area (Å²) in [6.07, 6.45) is 0. The topological polar surface area (TPSA) is 73.7 Å². The number of H-pyrrole nitrogens is 1. The lowest BCUT2D eigenvalue weighted by atomic mass is 10.2. The van der Waals surface area contributed by atoms with E-state index in [0.717, 1.165) is 5.56 Å². The highest BCUT2D eigenvalue weighted by atomic mass is 32.2. The maximum absolute atomic E-state index is 11.1. The van der Waals surface area contributed by atoms with Crippen LogP contribution in [0, 0.1) is 4.77 Å². The van der Waals surface area contributed by atoms with Gasteiger partial charge in [-0.15, -0.1) is 0 Å². The quantitative estimate of drug-likeness (QED) is 0.590. The van der Waals surface area contributed by atoms with E-state index in [0.29, 0.717) is 22.7 Å². The summed E-state index contributed by atoms with van der Waals surface area (Å²) in [7, 11) is 0. The Hall–Kier alpha value is -2.09. The van der Waals surface area contributed by atoms with Gasteiger partial charge in [-0.3, -0.25) is 13.9 Å². The largest absolute Gasteiger partial charge is 0.768 e. The summed E-state index contributed by atoms with van der Waals surface area (Å²) in [4.78, 5) is 0.220. The van der Waals surface area contributed by atoms with Crippen LogP contribution < -0.4 is 0 Å². The molecule has 5 nitrogen and oxygen atoms in total. The lowest BCUT2D eigenvalue weighted by Gasteiger charge is -2.09. The molecule has 1 aromatic heterocycles. The predicted octanol–water partition coefficient (Wildman–Crippen LogP) is 2.89. The smallest absolute Gasteiger partial charge is 0.195 e. The van der Waals surface area contributed by atoms with Gasteiger partial charge in [0.25, 0.3) is 0 Å². The van der Waals surface area contributed by atoms with Gasteiger partial charge in [-0.05, 0) is 41.0 Å². The molecule has 0 bridgehead atoms. The average molecular weight is 330 g/mol. The van der Waals surface area contributed by atoms with Crippen LogP contribution in [0.3, 0.4) is 0 Å². The van der Waals surface area contributed by atoms with Gasteiger partial charge in [0.1, 0.15) is 0 Å². The van der Waals surface area contributed by atoms with E-state index in [9.17, 15) is 8.76 Å². The summed E-state index contributed by atoms with van der Waals surface area (Å²) in [6, 6.07) is 16.5. The third-order valence-corrected chi connectivity index (χ3v) is 4.18. The zero-order chi connectivity index (χ0) is 15.5. The van der Waals surface area contributed by atoms with E-state index >= 15 is 0 Å². The Morgan fingerprint density at radius 2 is 1.95 bits per heavy atom. The van der Waals surface area contributed by atoms with E-state index < -0.39 is 11.1 Å². The fourth-order valence-corrected chi connectivity index (χ4v) is 2.80. The second-order valence-electron chi connectivity index (χ2n) is 4.69. The number of nitrogens with one attached hydrogen (secondary N) is 1. The van der Waals surface area contributed by atoms with E-state index in [-0.39, 0.29) is 4.90 Å². The van der Waals surface area contributed by atoms with Crippen LogP contribution >= 0.6 is 12.2 Å². The van der Waals surface area contributed by atoms with Crippen molar-refractivity contribution in [3.63, 3.8) is 0 Å². The van der Waals surface area contributed by atoms with Crippen LogP contribution in [0.4, 0.5) is 0 Å². The molecule has 1 heterocycles. The van der Waals surface area contributed by atoms with Crippen molar-refractivity contribution in [2.75, 3.05) is 0 Å². The molecular formula is C15H12N3O2S2-. The number of hydrogen-bond acceptors (Lipinski definition) is 4. The Kier molecular flexibility index (Phi) is 4.28. The van der Waals surface area contributed by atoms with Crippen molar-refractivity contribution in [3.05, 3.63) is 64.9 Å². The van der Waals surface area contributed by atoms with E-state index in [1.807, 2.05) is 41.0 Å². The highest BCUT2D eigenvalue weighted by Gasteiger charge is 2.10. The number of rotatable bonds is 4. The van der Waals surface area contributed by atoms with Crippen LogP contribution in [-0.2, 0) is 17.6 Å². The van der Waals surface area contributed by atoms with Crippen molar-refractivity contribution in [2.24, 2.45) is 0 Å². The van der Waals surface area contributed by atoms with Gasteiger partial charge in [-0.1, -0.05) is 42.5 Å². The monoisotopic (exact) mass is 330 g/mol. The zero-order valence-corrected chi connectivity index (χ0v) is 13.1. The Bertz CT molecular complexity index is 872. The fraction of sp³-hybridized carbons (Fsp3) is 0.0667. The molecule has 2 aromatic carbocycles. The van der Waals surface area contributed by atoms with Gasteiger partial charge in [0.05, 0.1) is 6.54 Å². The Labute approximate surface area is 134 Å². The summed E-state index contributed by atoms with van der Waals surface area (Å²) in [5.74, 6) is 0.612. The van der Waals surface area contributed by atoms with Crippen LogP contribution in [0.1, 0.15) is 5.56 Å². The summed E-state index contributed by atoms with van der Waals surface area (Å²) in [5.41, 5.74) is 1.79. The minimum absolute atomic E-state index is 0.220. The van der Waals surface area contributed by atoms with E-state index in [1.54, 1.807) is 12.1 Å². The molecule has 0 saturated carbocycles. The molecule has 112 valence electrons. The highest BCUT2D eigenvalue weighted by Crippen LogP contribution is 2.21. The third kappa shape index (κ3) is 3.06. The van der Waals surface area contributed by atoms with Crippen molar-refractivity contribution < 1.29 is 8.76 Å². The summed E-state index contributed by atoms with van der Waals surface area (Å²) in [5, 5.41) is 6.99. The van der Waals surface area contributed by atoms with Crippen molar-refractivity contribution in [1.29, 1.82) is 0 Å². The van der Waals surface area contributed by atoms with Crippen LogP contribution in [0.25, 0.3) is 11.4 Å². The van der Waals surface area contributed by atoms with Gasteiger partial charge in [-0.25, -0.2) is 0 Å². The first-order chi connectivity index (χ1) is 10.6. The molecule has 1 N–H and O–H groups in total. The molecule has 3 rings (SSSR count). The van der Waals surface area contributed by atoms with Crippen LogP contribution in [-0.4, -0.2) is 23.5 Å². The minimum Gasteiger partial charge on any atom is -0.768 e. The van der Waals surface area contributed by atoms with Crippen molar-refractivity contribution in [1.82, 2.24) is 14.8 Å². The number of nitrogens with zero attached hydrogens (tertiary/aromatic N) is 2. The molecule has 7 heteroatoms. The van der Waals surface area contributed by atoms with Crippen LogP contribution in [0.15, 0.2) is 59.5 Å². The third-order valence-electron chi connectivity index (χ3n) is 3.23. The molecule has 1 atom stereocenters. The summed E-state index contributed by atoms with van der Waals surface area (Å²) < 4.78 is 24.6. The molecule has 0 amide bonds. The van der Waals surface area contributed by atoms with Crippen molar-refractivity contribution >= 4 is 23.3 Å². The molecule has 0 fully saturated rings. The van der Waals surface area contributed by atoms with Crippen molar-refractivity contribution in [2.45, 2.75) is 11.4 Å². The van der Waals surface area contributed by atoms with Crippen LogP contribution in [0.2, 0.25) is 0 Å². The van der Waals surface area contributed by atoms with Gasteiger partial charge >= 0.3 is 0 Å². The highest BCUT2D eigenvalue weighted by molar-refractivity contribution is 7.79. The van der Waals surface area contributed by atoms with Gasteiger partial charge < -0.3 is 4.55 Å². The molecule has 3 aromatic rings. The SMILES string of the molecule is O=S([O-])c1cccc(-c2n[nH]c(=S)n2Cc2ccccc2)c1. The second-order valence-corrected chi connectivity index (χ2v) is 6.01.